The van der Waals surface area contributed by atoms with Crippen molar-refractivity contribution >= 4 is 11.8 Å². The number of carbonyl (C=O) groups is 2. The Bertz CT molecular complexity index is 543. The van der Waals surface area contributed by atoms with E-state index in [2.05, 4.69) is 19.1 Å². The standard InChI is InChI=1S/C19H28N2O3/c1-19(6-3-2-4-7-19)18(23)21-12-14-10-15(24-16(14)13-21)11-17(22)20-8-5-9-20/h2-3,14-16H,4-13H2,1H3/t14-,15-,16+,19+/m0/s1. The second-order valence-corrected chi connectivity index (χ2v) is 8.22. The number of allylic oxidation sites excluding steroid dienone is 2. The van der Waals surface area contributed by atoms with E-state index in [1.54, 1.807) is 0 Å². The number of hydrogen-bond acceptors (Lipinski definition) is 3. The zero-order chi connectivity index (χ0) is 16.7. The van der Waals surface area contributed by atoms with Gasteiger partial charge in [0.05, 0.1) is 24.0 Å². The predicted octanol–water partition coefficient (Wildman–Crippen LogP) is 1.97. The van der Waals surface area contributed by atoms with Gasteiger partial charge in [-0.15, -0.1) is 0 Å². The molecule has 0 saturated carbocycles. The molecule has 0 radical (unpaired) electrons. The molecule has 0 unspecified atom stereocenters. The largest absolute Gasteiger partial charge is 0.372 e. The van der Waals surface area contributed by atoms with Gasteiger partial charge >= 0.3 is 0 Å². The first-order valence-corrected chi connectivity index (χ1v) is 9.43. The Morgan fingerprint density at radius 1 is 1.21 bits per heavy atom. The summed E-state index contributed by atoms with van der Waals surface area (Å²) < 4.78 is 6.12. The zero-order valence-corrected chi connectivity index (χ0v) is 14.6. The third-order valence-electron chi connectivity index (χ3n) is 6.33. The summed E-state index contributed by atoms with van der Waals surface area (Å²) in [7, 11) is 0. The van der Waals surface area contributed by atoms with Crippen LogP contribution in [0.2, 0.25) is 0 Å². The fourth-order valence-electron chi connectivity index (χ4n) is 4.59. The van der Waals surface area contributed by atoms with Crippen molar-refractivity contribution in [2.75, 3.05) is 26.2 Å². The first kappa shape index (κ1) is 16.1. The summed E-state index contributed by atoms with van der Waals surface area (Å²) in [5.41, 5.74) is -0.236. The van der Waals surface area contributed by atoms with Gasteiger partial charge in [-0.1, -0.05) is 19.1 Å². The van der Waals surface area contributed by atoms with E-state index in [1.165, 1.54) is 0 Å². The minimum Gasteiger partial charge on any atom is -0.372 e. The van der Waals surface area contributed by atoms with Gasteiger partial charge in [0.15, 0.2) is 0 Å². The summed E-state index contributed by atoms with van der Waals surface area (Å²) in [5, 5.41) is 0. The summed E-state index contributed by atoms with van der Waals surface area (Å²) >= 11 is 0. The lowest BCUT2D eigenvalue weighted by Crippen LogP contribution is -2.44. The molecule has 2 amide bonds. The predicted molar refractivity (Wildman–Crippen MR) is 90.3 cm³/mol. The van der Waals surface area contributed by atoms with Gasteiger partial charge in [0.25, 0.3) is 0 Å². The fourth-order valence-corrected chi connectivity index (χ4v) is 4.59. The minimum atomic E-state index is -0.236. The second-order valence-electron chi connectivity index (χ2n) is 8.22. The van der Waals surface area contributed by atoms with Crippen molar-refractivity contribution in [3.63, 3.8) is 0 Å². The highest BCUT2D eigenvalue weighted by Crippen LogP contribution is 2.39. The maximum absolute atomic E-state index is 12.9. The molecule has 0 aromatic rings. The lowest BCUT2D eigenvalue weighted by Gasteiger charge is -2.34. The zero-order valence-electron chi connectivity index (χ0n) is 14.6. The molecule has 0 aromatic carbocycles. The average Bonchev–Trinajstić information content (AvgIpc) is 3.03. The molecule has 0 N–H and O–H groups in total. The van der Waals surface area contributed by atoms with E-state index >= 15 is 0 Å². The maximum atomic E-state index is 12.9. The molecule has 5 nitrogen and oxygen atoms in total. The van der Waals surface area contributed by atoms with E-state index in [-0.39, 0.29) is 29.4 Å². The molecule has 3 heterocycles. The van der Waals surface area contributed by atoms with Crippen LogP contribution in [-0.4, -0.2) is 60.0 Å². The first-order valence-electron chi connectivity index (χ1n) is 9.43. The Hall–Kier alpha value is -1.36. The quantitative estimate of drug-likeness (QED) is 0.743. The summed E-state index contributed by atoms with van der Waals surface area (Å²) in [6.07, 6.45) is 9.88. The molecular formula is C19H28N2O3. The summed E-state index contributed by atoms with van der Waals surface area (Å²) in [4.78, 5) is 29.0. The molecule has 4 rings (SSSR count). The van der Waals surface area contributed by atoms with Crippen molar-refractivity contribution in [2.45, 2.75) is 57.7 Å². The Morgan fingerprint density at radius 2 is 2.04 bits per heavy atom. The molecule has 0 spiro atoms. The third kappa shape index (κ3) is 2.87. The van der Waals surface area contributed by atoms with Gasteiger partial charge in [-0.05, 0) is 32.1 Å². The molecule has 4 aliphatic rings. The maximum Gasteiger partial charge on any atom is 0.228 e. The normalized spacial score (nSPS) is 38.1. The van der Waals surface area contributed by atoms with Crippen LogP contribution in [0.1, 0.15) is 45.4 Å². The molecule has 3 fully saturated rings. The van der Waals surface area contributed by atoms with Crippen LogP contribution in [0, 0.1) is 11.3 Å². The topological polar surface area (TPSA) is 49.9 Å². The van der Waals surface area contributed by atoms with E-state index in [0.717, 1.165) is 51.7 Å². The van der Waals surface area contributed by atoms with Crippen molar-refractivity contribution in [2.24, 2.45) is 11.3 Å². The number of ether oxygens (including phenoxy) is 1. The Balaban J connectivity index is 1.30. The van der Waals surface area contributed by atoms with Crippen LogP contribution in [0.3, 0.4) is 0 Å². The molecule has 24 heavy (non-hydrogen) atoms. The monoisotopic (exact) mass is 332 g/mol. The summed E-state index contributed by atoms with van der Waals surface area (Å²) in [5.74, 6) is 0.935. The van der Waals surface area contributed by atoms with E-state index in [1.807, 2.05) is 9.80 Å². The fraction of sp³-hybridized carbons (Fsp3) is 0.789. The van der Waals surface area contributed by atoms with Crippen LogP contribution in [-0.2, 0) is 14.3 Å². The number of carbonyl (C=O) groups excluding carboxylic acids is 2. The molecular weight excluding hydrogens is 304 g/mol. The number of hydrogen-bond donors (Lipinski definition) is 0. The lowest BCUT2D eigenvalue weighted by atomic mass is 9.78. The SMILES string of the molecule is C[C@@]1(C(=O)N2C[C@@H]3C[C@@H](CC(=O)N4CCC4)O[C@@H]3C2)CC=CCC1. The molecule has 3 aliphatic heterocycles. The number of fused-ring (bicyclic) bond motifs is 1. The summed E-state index contributed by atoms with van der Waals surface area (Å²) in [6.45, 7) is 5.43. The third-order valence-corrected chi connectivity index (χ3v) is 6.33. The molecule has 4 atom stereocenters. The van der Waals surface area contributed by atoms with Gasteiger partial charge in [0.2, 0.25) is 11.8 Å². The average molecular weight is 332 g/mol. The van der Waals surface area contributed by atoms with Crippen LogP contribution >= 0.6 is 0 Å². The van der Waals surface area contributed by atoms with Crippen molar-refractivity contribution in [1.82, 2.24) is 9.80 Å². The van der Waals surface area contributed by atoms with Crippen LogP contribution in [0.4, 0.5) is 0 Å². The molecule has 1 aliphatic carbocycles. The van der Waals surface area contributed by atoms with E-state index in [4.69, 9.17) is 4.74 Å². The minimum absolute atomic E-state index is 0.0542. The van der Waals surface area contributed by atoms with Gasteiger partial charge in [0.1, 0.15) is 0 Å². The van der Waals surface area contributed by atoms with Crippen LogP contribution < -0.4 is 0 Å². The number of nitrogens with zero attached hydrogens (tertiary/aromatic N) is 2. The number of amides is 2. The van der Waals surface area contributed by atoms with Crippen molar-refractivity contribution < 1.29 is 14.3 Å². The first-order chi connectivity index (χ1) is 11.5. The van der Waals surface area contributed by atoms with Gasteiger partial charge in [-0.25, -0.2) is 0 Å². The highest BCUT2D eigenvalue weighted by atomic mass is 16.5. The molecule has 0 bridgehead atoms. The second kappa shape index (κ2) is 6.17. The number of likely N-dealkylation sites (tertiary alicyclic amines) is 2. The van der Waals surface area contributed by atoms with Crippen LogP contribution in [0.25, 0.3) is 0 Å². The van der Waals surface area contributed by atoms with Crippen molar-refractivity contribution in [3.8, 4) is 0 Å². The summed E-state index contributed by atoms with van der Waals surface area (Å²) in [6, 6.07) is 0. The molecule has 0 aromatic heterocycles. The van der Waals surface area contributed by atoms with E-state index in [9.17, 15) is 9.59 Å². The van der Waals surface area contributed by atoms with E-state index in [0.29, 0.717) is 18.9 Å². The Kier molecular flexibility index (Phi) is 4.15. The van der Waals surface area contributed by atoms with Crippen molar-refractivity contribution in [3.05, 3.63) is 12.2 Å². The van der Waals surface area contributed by atoms with Crippen LogP contribution in [0.5, 0.6) is 0 Å². The Labute approximate surface area is 144 Å². The van der Waals surface area contributed by atoms with Crippen LogP contribution in [0.15, 0.2) is 12.2 Å². The molecule has 3 saturated heterocycles. The van der Waals surface area contributed by atoms with Gasteiger partial charge in [-0.2, -0.15) is 0 Å². The lowest BCUT2D eigenvalue weighted by molar-refractivity contribution is -0.142. The highest BCUT2D eigenvalue weighted by Gasteiger charge is 2.47. The van der Waals surface area contributed by atoms with Gasteiger partial charge in [0, 0.05) is 32.1 Å². The Morgan fingerprint density at radius 3 is 2.67 bits per heavy atom. The van der Waals surface area contributed by atoms with Gasteiger partial charge < -0.3 is 14.5 Å². The molecule has 5 heteroatoms. The highest BCUT2D eigenvalue weighted by molar-refractivity contribution is 5.83. The number of rotatable bonds is 3. The smallest absolute Gasteiger partial charge is 0.228 e. The van der Waals surface area contributed by atoms with Crippen molar-refractivity contribution in [1.29, 1.82) is 0 Å². The molecule has 132 valence electrons. The van der Waals surface area contributed by atoms with E-state index < -0.39 is 0 Å². The van der Waals surface area contributed by atoms with Gasteiger partial charge in [-0.3, -0.25) is 9.59 Å².